The molecule has 2 unspecified atom stereocenters. The Morgan fingerprint density at radius 2 is 0.929 bits per heavy atom. The highest BCUT2D eigenvalue weighted by molar-refractivity contribution is 5.48. The first-order valence-corrected chi connectivity index (χ1v) is 15.2. The van der Waals surface area contributed by atoms with Gasteiger partial charge in [0, 0.05) is 64.0 Å². The van der Waals surface area contributed by atoms with Crippen molar-refractivity contribution in [3.63, 3.8) is 0 Å². The van der Waals surface area contributed by atoms with Crippen LogP contribution < -0.4 is 9.80 Å². The average molecular weight is 563 g/mol. The summed E-state index contributed by atoms with van der Waals surface area (Å²) in [6.45, 7) is 0. The van der Waals surface area contributed by atoms with E-state index in [2.05, 4.69) is 147 Å². The molecule has 0 N–H and O–H groups in total. The first-order chi connectivity index (χ1) is 20.3. The standard InChI is InChI=1S/C36H46N6/c1-39(2)29-21-23-37-31(25-29)35(27-15-9-7-10-16-27)41(5)33-19-13-14-20-34(33)42(6)36(28-17-11-8-12-18-28)32-26-30(40(3)4)22-24-38-32/h7-12,15-18,21-26,33-36H,13-14,19-20H2,1-6H3/t33-,34-,35?,36?/m0/s1. The van der Waals surface area contributed by atoms with E-state index in [0.717, 1.165) is 24.2 Å². The highest BCUT2D eigenvalue weighted by Crippen LogP contribution is 2.39. The van der Waals surface area contributed by atoms with E-state index in [1.165, 1.54) is 35.3 Å². The second-order valence-electron chi connectivity index (χ2n) is 12.0. The molecule has 4 aromatic rings. The second-order valence-corrected chi connectivity index (χ2v) is 12.0. The quantitative estimate of drug-likeness (QED) is 0.215. The lowest BCUT2D eigenvalue weighted by atomic mass is 9.85. The van der Waals surface area contributed by atoms with Crippen LogP contribution in [0.5, 0.6) is 0 Å². The Bertz CT molecular complexity index is 1300. The summed E-state index contributed by atoms with van der Waals surface area (Å²) < 4.78 is 0. The van der Waals surface area contributed by atoms with Gasteiger partial charge in [-0.05, 0) is 62.3 Å². The van der Waals surface area contributed by atoms with Gasteiger partial charge in [-0.2, -0.15) is 0 Å². The first-order valence-electron chi connectivity index (χ1n) is 15.2. The molecule has 1 aliphatic rings. The lowest BCUT2D eigenvalue weighted by Gasteiger charge is -2.47. The molecule has 6 heteroatoms. The molecule has 2 heterocycles. The van der Waals surface area contributed by atoms with Gasteiger partial charge in [0.1, 0.15) is 0 Å². The fraction of sp³-hybridized carbons (Fsp3) is 0.389. The molecule has 4 atom stereocenters. The predicted octanol–water partition coefficient (Wildman–Crippen LogP) is 6.66. The zero-order chi connectivity index (χ0) is 29.6. The minimum Gasteiger partial charge on any atom is -0.378 e. The van der Waals surface area contributed by atoms with Gasteiger partial charge in [0.2, 0.25) is 0 Å². The van der Waals surface area contributed by atoms with Gasteiger partial charge in [0.05, 0.1) is 23.5 Å². The van der Waals surface area contributed by atoms with Crippen molar-refractivity contribution in [1.82, 2.24) is 19.8 Å². The van der Waals surface area contributed by atoms with Crippen molar-refractivity contribution >= 4 is 11.4 Å². The molecule has 0 saturated heterocycles. The molecule has 0 spiro atoms. The number of hydrogen-bond donors (Lipinski definition) is 0. The lowest BCUT2D eigenvalue weighted by Crippen LogP contribution is -2.53. The molecule has 0 bridgehead atoms. The van der Waals surface area contributed by atoms with Crippen LogP contribution >= 0.6 is 0 Å². The first kappa shape index (κ1) is 29.7. The molecule has 0 aliphatic heterocycles. The van der Waals surface area contributed by atoms with Crippen molar-refractivity contribution in [1.29, 1.82) is 0 Å². The number of aromatic nitrogens is 2. The van der Waals surface area contributed by atoms with Crippen molar-refractivity contribution in [3.05, 3.63) is 120 Å². The Morgan fingerprint density at radius 1 is 0.548 bits per heavy atom. The highest BCUT2D eigenvalue weighted by Gasteiger charge is 2.38. The van der Waals surface area contributed by atoms with Gasteiger partial charge in [-0.15, -0.1) is 0 Å². The smallest absolute Gasteiger partial charge is 0.0777 e. The summed E-state index contributed by atoms with van der Waals surface area (Å²) in [4.78, 5) is 19.4. The molecule has 42 heavy (non-hydrogen) atoms. The van der Waals surface area contributed by atoms with Crippen LogP contribution in [0, 0.1) is 0 Å². The third kappa shape index (κ3) is 6.50. The molecule has 6 nitrogen and oxygen atoms in total. The fourth-order valence-corrected chi connectivity index (χ4v) is 6.65. The van der Waals surface area contributed by atoms with Crippen LogP contribution in [0.4, 0.5) is 11.4 Å². The van der Waals surface area contributed by atoms with Gasteiger partial charge in [-0.25, -0.2) is 0 Å². The second kappa shape index (κ2) is 13.5. The zero-order valence-electron chi connectivity index (χ0n) is 26.1. The summed E-state index contributed by atoms with van der Waals surface area (Å²) in [7, 11) is 13.0. The van der Waals surface area contributed by atoms with Gasteiger partial charge in [0.15, 0.2) is 0 Å². The Balaban J connectivity index is 1.55. The van der Waals surface area contributed by atoms with E-state index in [9.17, 15) is 0 Å². The van der Waals surface area contributed by atoms with Crippen LogP contribution in [0.3, 0.4) is 0 Å². The maximum absolute atomic E-state index is 4.94. The summed E-state index contributed by atoms with van der Waals surface area (Å²) in [5.41, 5.74) is 7.06. The van der Waals surface area contributed by atoms with Crippen LogP contribution in [-0.4, -0.2) is 74.1 Å². The van der Waals surface area contributed by atoms with Crippen molar-refractivity contribution in [2.24, 2.45) is 0 Å². The van der Waals surface area contributed by atoms with Crippen molar-refractivity contribution in [2.45, 2.75) is 49.9 Å². The molecule has 1 saturated carbocycles. The molecule has 1 aliphatic carbocycles. The van der Waals surface area contributed by atoms with E-state index in [-0.39, 0.29) is 12.1 Å². The molecule has 2 aromatic carbocycles. The van der Waals surface area contributed by atoms with Crippen molar-refractivity contribution in [2.75, 3.05) is 52.1 Å². The summed E-state index contributed by atoms with van der Waals surface area (Å²) in [5.74, 6) is 0. The van der Waals surface area contributed by atoms with Crippen molar-refractivity contribution in [3.8, 4) is 0 Å². The Kier molecular flexibility index (Phi) is 9.55. The number of nitrogens with zero attached hydrogens (tertiary/aromatic N) is 6. The van der Waals surface area contributed by atoms with Crippen LogP contribution in [-0.2, 0) is 0 Å². The Hall–Kier alpha value is -3.74. The Labute approximate surface area is 252 Å². The van der Waals surface area contributed by atoms with Gasteiger partial charge in [-0.1, -0.05) is 73.5 Å². The molecule has 5 rings (SSSR count). The minimum absolute atomic E-state index is 0.0514. The van der Waals surface area contributed by atoms with E-state index in [1.54, 1.807) is 0 Å². The normalized spacial score (nSPS) is 18.6. The summed E-state index contributed by atoms with van der Waals surface area (Å²) in [6, 6.07) is 31.2. The monoisotopic (exact) mass is 562 g/mol. The maximum Gasteiger partial charge on any atom is 0.0777 e. The largest absolute Gasteiger partial charge is 0.378 e. The van der Waals surface area contributed by atoms with E-state index in [0.29, 0.717) is 12.1 Å². The number of hydrogen-bond acceptors (Lipinski definition) is 6. The molecule has 0 radical (unpaired) electrons. The van der Waals surface area contributed by atoms with Gasteiger partial charge < -0.3 is 9.80 Å². The topological polar surface area (TPSA) is 38.7 Å². The van der Waals surface area contributed by atoms with Gasteiger partial charge in [-0.3, -0.25) is 19.8 Å². The molecular weight excluding hydrogens is 516 g/mol. The number of likely N-dealkylation sites (N-methyl/N-ethyl adjacent to an activating group) is 2. The molecule has 0 amide bonds. The van der Waals surface area contributed by atoms with Crippen LogP contribution in [0.25, 0.3) is 0 Å². The van der Waals surface area contributed by atoms with E-state index >= 15 is 0 Å². The third-order valence-electron chi connectivity index (χ3n) is 8.91. The highest BCUT2D eigenvalue weighted by atomic mass is 15.3. The SMILES string of the molecule is CN(C)c1ccnc(C(c2ccccc2)N(C)[C@H]2CCCC[C@@H]2N(C)C(c2ccccc2)c2cc(N(C)C)ccn2)c1. The minimum atomic E-state index is 0.0514. The number of benzene rings is 2. The number of rotatable bonds is 10. The van der Waals surface area contributed by atoms with Gasteiger partial charge >= 0.3 is 0 Å². The van der Waals surface area contributed by atoms with Crippen LogP contribution in [0.15, 0.2) is 97.3 Å². The van der Waals surface area contributed by atoms with E-state index < -0.39 is 0 Å². The lowest BCUT2D eigenvalue weighted by molar-refractivity contribution is 0.0450. The maximum atomic E-state index is 4.94. The van der Waals surface area contributed by atoms with Crippen LogP contribution in [0.2, 0.25) is 0 Å². The summed E-state index contributed by atoms with van der Waals surface area (Å²) in [6.07, 6.45) is 8.66. The molecular formula is C36H46N6. The third-order valence-corrected chi connectivity index (χ3v) is 8.91. The number of pyridine rings is 2. The molecule has 220 valence electrons. The summed E-state index contributed by atoms with van der Waals surface area (Å²) in [5, 5.41) is 0. The molecule has 1 fully saturated rings. The zero-order valence-corrected chi connectivity index (χ0v) is 26.1. The average Bonchev–Trinajstić information content (AvgIpc) is 3.02. The van der Waals surface area contributed by atoms with Crippen LogP contribution in [0.1, 0.15) is 60.3 Å². The Morgan fingerprint density at radius 3 is 1.29 bits per heavy atom. The van der Waals surface area contributed by atoms with E-state index in [1.807, 2.05) is 12.4 Å². The van der Waals surface area contributed by atoms with E-state index in [4.69, 9.17) is 9.97 Å². The number of anilines is 2. The van der Waals surface area contributed by atoms with Crippen molar-refractivity contribution < 1.29 is 0 Å². The predicted molar refractivity (Wildman–Crippen MR) is 175 cm³/mol. The molecule has 2 aromatic heterocycles. The fourth-order valence-electron chi connectivity index (χ4n) is 6.65. The van der Waals surface area contributed by atoms with Gasteiger partial charge in [0.25, 0.3) is 0 Å². The summed E-state index contributed by atoms with van der Waals surface area (Å²) >= 11 is 0.